The van der Waals surface area contributed by atoms with Gasteiger partial charge in [-0.2, -0.15) is 5.10 Å². The fourth-order valence-corrected chi connectivity index (χ4v) is 3.07. The number of rotatable bonds is 3. The molecule has 0 heterocycles. The largest absolute Gasteiger partial charge is 0.872 e. The summed E-state index contributed by atoms with van der Waals surface area (Å²) >= 11 is 6.09. The predicted molar refractivity (Wildman–Crippen MR) is 92.1 cm³/mol. The van der Waals surface area contributed by atoms with Gasteiger partial charge in [-0.25, -0.2) is 4.79 Å². The molecule has 0 amide bonds. The monoisotopic (exact) mass is 343 g/mol. The van der Waals surface area contributed by atoms with Gasteiger partial charge in [0.2, 0.25) is 0 Å². The number of aryl methyl sites for hydroxylation is 1. The van der Waals surface area contributed by atoms with E-state index in [1.807, 2.05) is 13.0 Å². The first-order valence-electron chi connectivity index (χ1n) is 7.62. The molecule has 0 radical (unpaired) electrons. The van der Waals surface area contributed by atoms with E-state index in [2.05, 4.69) is 10.5 Å². The smallest absolute Gasteiger partial charge is 0.335 e. The summed E-state index contributed by atoms with van der Waals surface area (Å²) in [5, 5.41) is 26.0. The van der Waals surface area contributed by atoms with Crippen LogP contribution in [0.15, 0.2) is 35.4 Å². The second-order valence-electron chi connectivity index (χ2n) is 5.76. The summed E-state index contributed by atoms with van der Waals surface area (Å²) < 4.78 is 0. The van der Waals surface area contributed by atoms with E-state index >= 15 is 0 Å². The number of halogens is 1. The van der Waals surface area contributed by atoms with Gasteiger partial charge in [0.1, 0.15) is 0 Å². The van der Waals surface area contributed by atoms with E-state index in [-0.39, 0.29) is 11.3 Å². The Morgan fingerprint density at radius 2 is 2.08 bits per heavy atom. The second kappa shape index (κ2) is 6.53. The van der Waals surface area contributed by atoms with Crippen molar-refractivity contribution in [1.82, 2.24) is 0 Å². The highest BCUT2D eigenvalue weighted by molar-refractivity contribution is 6.33. The van der Waals surface area contributed by atoms with Crippen molar-refractivity contribution in [1.29, 1.82) is 0 Å². The molecule has 0 saturated heterocycles. The van der Waals surface area contributed by atoms with Gasteiger partial charge in [0.05, 0.1) is 22.0 Å². The minimum atomic E-state index is -1.04. The van der Waals surface area contributed by atoms with Crippen LogP contribution in [-0.2, 0) is 6.42 Å². The summed E-state index contributed by atoms with van der Waals surface area (Å²) in [5.41, 5.74) is 6.80. The molecule has 2 aromatic rings. The zero-order valence-electron chi connectivity index (χ0n) is 13.1. The molecule has 24 heavy (non-hydrogen) atoms. The molecule has 0 unspecified atom stereocenters. The number of nitrogens with one attached hydrogen (secondary N) is 1. The number of hydrogen-bond donors (Lipinski definition) is 2. The number of anilines is 1. The SMILES string of the molecule is Cc1ccc([O-])c2c1CCC/C2=N\Nc1cc(C(=O)O)ccc1Cl. The number of nitrogens with zero attached hydrogens (tertiary/aromatic N) is 1. The van der Waals surface area contributed by atoms with Crippen molar-refractivity contribution in [2.75, 3.05) is 5.43 Å². The van der Waals surface area contributed by atoms with Crippen LogP contribution in [-0.4, -0.2) is 16.8 Å². The van der Waals surface area contributed by atoms with Crippen molar-refractivity contribution in [3.63, 3.8) is 0 Å². The third-order valence-corrected chi connectivity index (χ3v) is 4.49. The van der Waals surface area contributed by atoms with E-state index in [9.17, 15) is 9.90 Å². The zero-order chi connectivity index (χ0) is 17.3. The summed E-state index contributed by atoms with van der Waals surface area (Å²) in [6.07, 6.45) is 2.47. The predicted octanol–water partition coefficient (Wildman–Crippen LogP) is 3.57. The van der Waals surface area contributed by atoms with Crippen LogP contribution in [0.5, 0.6) is 5.75 Å². The number of fused-ring (bicyclic) bond motifs is 1. The molecule has 2 aromatic carbocycles. The lowest BCUT2D eigenvalue weighted by Gasteiger charge is -2.25. The highest BCUT2D eigenvalue weighted by atomic mass is 35.5. The van der Waals surface area contributed by atoms with Gasteiger partial charge in [0.15, 0.2) is 0 Å². The fourth-order valence-electron chi connectivity index (χ4n) is 2.91. The van der Waals surface area contributed by atoms with Crippen molar-refractivity contribution in [2.24, 2.45) is 5.10 Å². The van der Waals surface area contributed by atoms with E-state index in [0.717, 1.165) is 24.0 Å². The zero-order valence-corrected chi connectivity index (χ0v) is 13.9. The first kappa shape index (κ1) is 16.3. The fraction of sp³-hybridized carbons (Fsp3) is 0.222. The Hall–Kier alpha value is -2.53. The Morgan fingerprint density at radius 3 is 2.83 bits per heavy atom. The van der Waals surface area contributed by atoms with Crippen LogP contribution < -0.4 is 10.5 Å². The van der Waals surface area contributed by atoms with Gasteiger partial charge >= 0.3 is 5.97 Å². The van der Waals surface area contributed by atoms with E-state index in [0.29, 0.717) is 28.4 Å². The highest BCUT2D eigenvalue weighted by Gasteiger charge is 2.18. The molecular weight excluding hydrogens is 328 g/mol. The van der Waals surface area contributed by atoms with Gasteiger partial charge in [0, 0.05) is 0 Å². The molecule has 0 spiro atoms. The number of carboxylic acids is 1. The molecule has 1 aliphatic carbocycles. The van der Waals surface area contributed by atoms with Crippen molar-refractivity contribution < 1.29 is 15.0 Å². The minimum Gasteiger partial charge on any atom is -0.872 e. The number of aromatic carboxylic acids is 1. The molecule has 3 rings (SSSR count). The Labute approximate surface area is 144 Å². The summed E-state index contributed by atoms with van der Waals surface area (Å²) in [5.74, 6) is -1.08. The van der Waals surface area contributed by atoms with Crippen LogP contribution in [0.3, 0.4) is 0 Å². The lowest BCUT2D eigenvalue weighted by atomic mass is 9.86. The number of benzene rings is 2. The van der Waals surface area contributed by atoms with Crippen molar-refractivity contribution in [2.45, 2.75) is 26.2 Å². The van der Waals surface area contributed by atoms with Crippen LogP contribution >= 0.6 is 11.6 Å². The maximum absolute atomic E-state index is 12.2. The highest BCUT2D eigenvalue weighted by Crippen LogP contribution is 2.31. The average molecular weight is 344 g/mol. The van der Waals surface area contributed by atoms with Crippen molar-refractivity contribution in [3.05, 3.63) is 57.6 Å². The Balaban J connectivity index is 1.97. The van der Waals surface area contributed by atoms with Gasteiger partial charge in [-0.15, -0.1) is 0 Å². The molecule has 6 heteroatoms. The third kappa shape index (κ3) is 3.08. The Kier molecular flexibility index (Phi) is 4.44. The summed E-state index contributed by atoms with van der Waals surface area (Å²) in [7, 11) is 0. The van der Waals surface area contributed by atoms with Crippen LogP contribution in [0.1, 0.15) is 39.9 Å². The van der Waals surface area contributed by atoms with E-state index in [1.54, 1.807) is 6.07 Å². The normalized spacial score (nSPS) is 15.2. The molecule has 5 nitrogen and oxygen atoms in total. The lowest BCUT2D eigenvalue weighted by molar-refractivity contribution is -0.268. The molecule has 0 bridgehead atoms. The first-order valence-corrected chi connectivity index (χ1v) is 8.00. The molecule has 0 atom stereocenters. The van der Waals surface area contributed by atoms with Gasteiger partial charge in [-0.05, 0) is 61.1 Å². The molecule has 0 aliphatic heterocycles. The van der Waals surface area contributed by atoms with Gasteiger partial charge in [-0.3, -0.25) is 5.43 Å². The van der Waals surface area contributed by atoms with E-state index in [4.69, 9.17) is 16.7 Å². The maximum atomic E-state index is 12.2. The summed E-state index contributed by atoms with van der Waals surface area (Å²) in [6.45, 7) is 1.99. The summed E-state index contributed by atoms with van der Waals surface area (Å²) in [6, 6.07) is 7.76. The maximum Gasteiger partial charge on any atom is 0.335 e. The van der Waals surface area contributed by atoms with Crippen molar-refractivity contribution >= 4 is 29.0 Å². The van der Waals surface area contributed by atoms with Crippen LogP contribution in [0.2, 0.25) is 5.02 Å². The third-order valence-electron chi connectivity index (χ3n) is 4.16. The molecule has 0 fully saturated rings. The molecular formula is C18H16ClN2O3-. The topological polar surface area (TPSA) is 84.8 Å². The van der Waals surface area contributed by atoms with Crippen LogP contribution in [0.25, 0.3) is 0 Å². The molecule has 0 aromatic heterocycles. The van der Waals surface area contributed by atoms with E-state index in [1.165, 1.54) is 18.2 Å². The van der Waals surface area contributed by atoms with Gasteiger partial charge < -0.3 is 10.2 Å². The number of hydrazone groups is 1. The number of carbonyl (C=O) groups is 1. The van der Waals surface area contributed by atoms with Gasteiger partial charge in [-0.1, -0.05) is 29.5 Å². The van der Waals surface area contributed by atoms with Crippen LogP contribution in [0, 0.1) is 6.92 Å². The quantitative estimate of drug-likeness (QED) is 0.834. The second-order valence-corrected chi connectivity index (χ2v) is 6.16. The lowest BCUT2D eigenvalue weighted by Crippen LogP contribution is -2.17. The molecule has 1 aliphatic rings. The number of carboxylic acid groups (broad SMARTS) is 1. The van der Waals surface area contributed by atoms with Crippen LogP contribution in [0.4, 0.5) is 5.69 Å². The van der Waals surface area contributed by atoms with Gasteiger partial charge in [0.25, 0.3) is 0 Å². The molecule has 2 N–H and O–H groups in total. The van der Waals surface area contributed by atoms with Crippen molar-refractivity contribution in [3.8, 4) is 5.75 Å². The van der Waals surface area contributed by atoms with E-state index < -0.39 is 5.97 Å². The summed E-state index contributed by atoms with van der Waals surface area (Å²) in [4.78, 5) is 11.1. The standard InChI is InChI=1S/C18H17ClN2O3/c1-10-5-8-16(22)17-12(10)3-2-4-14(17)20-21-15-9-11(18(23)24)6-7-13(15)19/h5-9,21-22H,2-4H2,1H3,(H,23,24)/p-1/b20-14+. The molecule has 124 valence electrons. The molecule has 0 saturated carbocycles. The number of hydrogen-bond acceptors (Lipinski definition) is 4. The first-order chi connectivity index (χ1) is 11.5. The Bertz CT molecular complexity index is 846. The average Bonchev–Trinajstić information content (AvgIpc) is 2.57. The minimum absolute atomic E-state index is 0.0405. The Morgan fingerprint density at radius 1 is 1.29 bits per heavy atom.